The SMILES string of the molecule is CCN(CC)C(C)NC(=O)NCCOCCO. The van der Waals surface area contributed by atoms with Crippen molar-refractivity contribution in [3.05, 3.63) is 0 Å². The summed E-state index contributed by atoms with van der Waals surface area (Å²) < 4.78 is 5.03. The molecule has 0 aliphatic heterocycles. The lowest BCUT2D eigenvalue weighted by Crippen LogP contribution is -2.50. The van der Waals surface area contributed by atoms with Gasteiger partial charge in [0.05, 0.1) is 26.0 Å². The Morgan fingerprint density at radius 2 is 2.00 bits per heavy atom. The fourth-order valence-electron chi connectivity index (χ4n) is 1.51. The minimum absolute atomic E-state index is 0.00515. The van der Waals surface area contributed by atoms with E-state index in [0.717, 1.165) is 13.1 Å². The lowest BCUT2D eigenvalue weighted by atomic mass is 10.4. The molecule has 0 rings (SSSR count). The van der Waals surface area contributed by atoms with Crippen molar-refractivity contribution in [3.63, 3.8) is 0 Å². The molecule has 2 amide bonds. The lowest BCUT2D eigenvalue weighted by molar-refractivity contribution is 0.0943. The van der Waals surface area contributed by atoms with Crippen LogP contribution >= 0.6 is 0 Å². The first-order valence-electron chi connectivity index (χ1n) is 6.12. The zero-order valence-corrected chi connectivity index (χ0v) is 11.0. The quantitative estimate of drug-likeness (QED) is 0.395. The highest BCUT2D eigenvalue weighted by Gasteiger charge is 2.11. The van der Waals surface area contributed by atoms with Gasteiger partial charge < -0.3 is 20.5 Å². The molecule has 0 bridgehead atoms. The van der Waals surface area contributed by atoms with Crippen LogP contribution in [0.25, 0.3) is 0 Å². The van der Waals surface area contributed by atoms with Crippen molar-refractivity contribution >= 4 is 6.03 Å². The number of carbonyl (C=O) groups is 1. The van der Waals surface area contributed by atoms with Crippen molar-refractivity contribution < 1.29 is 14.6 Å². The summed E-state index contributed by atoms with van der Waals surface area (Å²) in [6.07, 6.45) is 0.0170. The van der Waals surface area contributed by atoms with Gasteiger partial charge in [0.1, 0.15) is 0 Å². The Bertz CT molecular complexity index is 198. The number of hydrogen-bond acceptors (Lipinski definition) is 4. The number of carbonyl (C=O) groups excluding carboxylic acids is 1. The Labute approximate surface area is 103 Å². The van der Waals surface area contributed by atoms with Gasteiger partial charge in [0, 0.05) is 6.54 Å². The minimum atomic E-state index is -0.197. The van der Waals surface area contributed by atoms with E-state index >= 15 is 0 Å². The van der Waals surface area contributed by atoms with Gasteiger partial charge in [0.15, 0.2) is 0 Å². The van der Waals surface area contributed by atoms with Gasteiger partial charge in [-0.1, -0.05) is 13.8 Å². The van der Waals surface area contributed by atoms with Gasteiger partial charge in [-0.15, -0.1) is 0 Å². The number of urea groups is 1. The van der Waals surface area contributed by atoms with E-state index in [0.29, 0.717) is 19.8 Å². The molecule has 0 saturated heterocycles. The fraction of sp³-hybridized carbons (Fsp3) is 0.909. The van der Waals surface area contributed by atoms with Crippen LogP contribution in [0.15, 0.2) is 0 Å². The fourth-order valence-corrected chi connectivity index (χ4v) is 1.51. The zero-order chi connectivity index (χ0) is 13.1. The van der Waals surface area contributed by atoms with Gasteiger partial charge in [-0.3, -0.25) is 4.90 Å². The normalized spacial score (nSPS) is 12.5. The highest BCUT2D eigenvalue weighted by atomic mass is 16.5. The number of aliphatic hydroxyl groups is 1. The van der Waals surface area contributed by atoms with Gasteiger partial charge in [-0.2, -0.15) is 0 Å². The maximum absolute atomic E-state index is 11.5. The van der Waals surface area contributed by atoms with Gasteiger partial charge in [0.2, 0.25) is 0 Å². The molecule has 3 N–H and O–H groups in total. The van der Waals surface area contributed by atoms with E-state index in [4.69, 9.17) is 9.84 Å². The predicted molar refractivity (Wildman–Crippen MR) is 66.8 cm³/mol. The van der Waals surface area contributed by atoms with Crippen LogP contribution in [-0.4, -0.2) is 61.7 Å². The van der Waals surface area contributed by atoms with Gasteiger partial charge >= 0.3 is 6.03 Å². The third-order valence-corrected chi connectivity index (χ3v) is 2.47. The Morgan fingerprint density at radius 3 is 2.53 bits per heavy atom. The van der Waals surface area contributed by atoms with E-state index in [2.05, 4.69) is 29.4 Å². The third kappa shape index (κ3) is 7.95. The molecule has 0 aromatic rings. The van der Waals surface area contributed by atoms with Crippen LogP contribution in [0, 0.1) is 0 Å². The van der Waals surface area contributed by atoms with Crippen LogP contribution in [0.3, 0.4) is 0 Å². The molecule has 0 aliphatic carbocycles. The summed E-state index contributed by atoms with van der Waals surface area (Å²) in [5, 5.41) is 14.0. The van der Waals surface area contributed by atoms with Crippen molar-refractivity contribution in [1.82, 2.24) is 15.5 Å². The molecule has 0 aromatic heterocycles. The Balaban J connectivity index is 3.63. The predicted octanol–water partition coefficient (Wildman–Crippen LogP) is -0.0177. The van der Waals surface area contributed by atoms with E-state index in [1.165, 1.54) is 0 Å². The molecule has 1 unspecified atom stereocenters. The molecule has 0 radical (unpaired) electrons. The summed E-state index contributed by atoms with van der Waals surface area (Å²) in [7, 11) is 0. The van der Waals surface area contributed by atoms with Gasteiger partial charge in [0.25, 0.3) is 0 Å². The van der Waals surface area contributed by atoms with Gasteiger partial charge in [-0.05, 0) is 20.0 Å². The maximum Gasteiger partial charge on any atom is 0.316 e. The molecular weight excluding hydrogens is 222 g/mol. The van der Waals surface area contributed by atoms with Crippen molar-refractivity contribution in [2.24, 2.45) is 0 Å². The first-order chi connectivity index (χ1) is 8.15. The first kappa shape index (κ1) is 16.1. The second kappa shape index (κ2) is 10.3. The summed E-state index contributed by atoms with van der Waals surface area (Å²) in [6.45, 7) is 9.03. The maximum atomic E-state index is 11.5. The molecule has 0 aromatic carbocycles. The highest BCUT2D eigenvalue weighted by Crippen LogP contribution is 1.93. The number of rotatable bonds is 9. The van der Waals surface area contributed by atoms with E-state index in [1.54, 1.807) is 0 Å². The van der Waals surface area contributed by atoms with Crippen LogP contribution in [-0.2, 0) is 4.74 Å². The highest BCUT2D eigenvalue weighted by molar-refractivity contribution is 5.74. The number of amides is 2. The molecule has 0 fully saturated rings. The molecule has 0 heterocycles. The summed E-state index contributed by atoms with van der Waals surface area (Å²) >= 11 is 0. The topological polar surface area (TPSA) is 73.8 Å². The average Bonchev–Trinajstić information content (AvgIpc) is 2.30. The van der Waals surface area contributed by atoms with Crippen molar-refractivity contribution in [1.29, 1.82) is 0 Å². The van der Waals surface area contributed by atoms with E-state index in [-0.39, 0.29) is 18.8 Å². The summed E-state index contributed by atoms with van der Waals surface area (Å²) in [4.78, 5) is 13.6. The van der Waals surface area contributed by atoms with E-state index in [1.807, 2.05) is 6.92 Å². The van der Waals surface area contributed by atoms with Crippen molar-refractivity contribution in [2.75, 3.05) is 39.5 Å². The minimum Gasteiger partial charge on any atom is -0.394 e. The summed E-state index contributed by atoms with van der Waals surface area (Å²) in [5.41, 5.74) is 0. The molecule has 102 valence electrons. The van der Waals surface area contributed by atoms with Crippen molar-refractivity contribution in [2.45, 2.75) is 26.9 Å². The first-order valence-corrected chi connectivity index (χ1v) is 6.12. The Morgan fingerprint density at radius 1 is 1.35 bits per heavy atom. The van der Waals surface area contributed by atoms with E-state index in [9.17, 15) is 4.79 Å². The second-order valence-corrected chi connectivity index (χ2v) is 3.63. The second-order valence-electron chi connectivity index (χ2n) is 3.63. The standard InChI is InChI=1S/C11H25N3O3/c1-4-14(5-2)10(3)13-11(16)12-6-8-17-9-7-15/h10,15H,4-9H2,1-3H3,(H2,12,13,16). The van der Waals surface area contributed by atoms with Gasteiger partial charge in [-0.25, -0.2) is 4.79 Å². The molecule has 0 saturated carbocycles. The molecule has 0 spiro atoms. The summed E-state index contributed by atoms with van der Waals surface area (Å²) in [6, 6.07) is -0.197. The number of nitrogens with zero attached hydrogens (tertiary/aromatic N) is 1. The smallest absolute Gasteiger partial charge is 0.316 e. The van der Waals surface area contributed by atoms with Crippen LogP contribution in [0.2, 0.25) is 0 Å². The van der Waals surface area contributed by atoms with E-state index < -0.39 is 0 Å². The molecular formula is C11H25N3O3. The van der Waals surface area contributed by atoms with Crippen molar-refractivity contribution in [3.8, 4) is 0 Å². The van der Waals surface area contributed by atoms with Crippen LogP contribution in [0.5, 0.6) is 0 Å². The molecule has 1 atom stereocenters. The third-order valence-electron chi connectivity index (χ3n) is 2.47. The largest absolute Gasteiger partial charge is 0.394 e. The molecule has 6 nitrogen and oxygen atoms in total. The molecule has 6 heteroatoms. The monoisotopic (exact) mass is 247 g/mol. The molecule has 17 heavy (non-hydrogen) atoms. The number of nitrogens with one attached hydrogen (secondary N) is 2. The average molecular weight is 247 g/mol. The summed E-state index contributed by atoms with van der Waals surface area (Å²) in [5.74, 6) is 0. The van der Waals surface area contributed by atoms with Crippen LogP contribution in [0.1, 0.15) is 20.8 Å². The number of hydrogen-bond donors (Lipinski definition) is 3. The zero-order valence-electron chi connectivity index (χ0n) is 11.0. The van der Waals surface area contributed by atoms with Crippen LogP contribution < -0.4 is 10.6 Å². The lowest BCUT2D eigenvalue weighted by Gasteiger charge is -2.27. The number of ether oxygens (including phenoxy) is 1. The Hall–Kier alpha value is -0.850. The number of aliphatic hydroxyl groups excluding tert-OH is 1. The molecule has 0 aliphatic rings. The Kier molecular flexibility index (Phi) is 9.80. The van der Waals surface area contributed by atoms with Crippen LogP contribution in [0.4, 0.5) is 4.79 Å².